The topological polar surface area (TPSA) is 68.1 Å². The number of rotatable bonds is 6. The van der Waals surface area contributed by atoms with Gasteiger partial charge in [-0.2, -0.15) is 0 Å². The van der Waals surface area contributed by atoms with Gasteiger partial charge in [0.1, 0.15) is 17.2 Å². The predicted molar refractivity (Wildman–Crippen MR) is 109 cm³/mol. The quantitative estimate of drug-likeness (QED) is 0.292. The van der Waals surface area contributed by atoms with Gasteiger partial charge < -0.3 is 14.6 Å². The number of phenolic OH excluding ortho intramolecular Hbond substituents is 1. The number of methoxy groups -OCH3 is 1. The maximum Gasteiger partial charge on any atom is 0.336 e. The van der Waals surface area contributed by atoms with Gasteiger partial charge in [-0.05, 0) is 77.9 Å². The molecule has 140 valence electrons. The van der Waals surface area contributed by atoms with E-state index in [1.54, 1.807) is 67.9 Å². The molecular weight excluding hydrogens is 354 g/mol. The van der Waals surface area contributed by atoms with Crippen molar-refractivity contribution in [3.63, 3.8) is 0 Å². The summed E-state index contributed by atoms with van der Waals surface area (Å²) >= 11 is 0. The molecule has 0 saturated heterocycles. The van der Waals surface area contributed by atoms with Crippen LogP contribution >= 0.6 is 0 Å². The molecule has 0 bridgehead atoms. The molecule has 0 amide bonds. The first-order valence-corrected chi connectivity index (χ1v) is 8.59. The molecule has 0 unspecified atom stereocenters. The highest BCUT2D eigenvalue weighted by molar-refractivity contribution is 5.89. The number of hydrogen-bond donors (Lipinski definition) is 1. The second-order valence-electron chi connectivity index (χ2n) is 5.87. The zero-order valence-electron chi connectivity index (χ0n) is 15.3. The third-order valence-corrected chi connectivity index (χ3v) is 3.84. The van der Waals surface area contributed by atoms with Gasteiger partial charge in [0.05, 0.1) is 12.8 Å². The van der Waals surface area contributed by atoms with Crippen LogP contribution in [0.3, 0.4) is 0 Å². The minimum absolute atomic E-state index is 0.200. The van der Waals surface area contributed by atoms with E-state index in [-0.39, 0.29) is 5.75 Å². The summed E-state index contributed by atoms with van der Waals surface area (Å²) in [6.07, 6.45) is 4.75. The van der Waals surface area contributed by atoms with Gasteiger partial charge >= 0.3 is 5.97 Å². The SMILES string of the molecule is COc1ccc(/C=C/C(=O)Oc2ccc(C=Nc3ccc(O)cc3)cc2)cc1. The van der Waals surface area contributed by atoms with Gasteiger partial charge in [-0.1, -0.05) is 12.1 Å². The van der Waals surface area contributed by atoms with Crippen LogP contribution in [0.5, 0.6) is 17.2 Å². The van der Waals surface area contributed by atoms with Crippen molar-refractivity contribution in [3.8, 4) is 17.2 Å². The monoisotopic (exact) mass is 373 g/mol. The number of aromatic hydroxyl groups is 1. The van der Waals surface area contributed by atoms with Crippen molar-refractivity contribution in [2.24, 2.45) is 4.99 Å². The van der Waals surface area contributed by atoms with Crippen LogP contribution in [-0.2, 0) is 4.79 Å². The van der Waals surface area contributed by atoms with Gasteiger partial charge in [-0.25, -0.2) is 4.79 Å². The molecule has 0 saturated carbocycles. The van der Waals surface area contributed by atoms with Gasteiger partial charge in [0.15, 0.2) is 0 Å². The van der Waals surface area contributed by atoms with Gasteiger partial charge in [0.25, 0.3) is 0 Å². The Morgan fingerprint density at radius 3 is 2.11 bits per heavy atom. The summed E-state index contributed by atoms with van der Waals surface area (Å²) in [7, 11) is 1.60. The largest absolute Gasteiger partial charge is 0.508 e. The maximum absolute atomic E-state index is 12.0. The summed E-state index contributed by atoms with van der Waals surface area (Å²) < 4.78 is 10.4. The van der Waals surface area contributed by atoms with Gasteiger partial charge in [0.2, 0.25) is 0 Å². The van der Waals surface area contributed by atoms with Crippen molar-refractivity contribution in [2.75, 3.05) is 7.11 Å². The summed E-state index contributed by atoms with van der Waals surface area (Å²) in [5.41, 5.74) is 2.47. The van der Waals surface area contributed by atoms with Crippen molar-refractivity contribution in [1.29, 1.82) is 0 Å². The first kappa shape index (κ1) is 18.9. The number of benzene rings is 3. The normalized spacial score (nSPS) is 11.0. The highest BCUT2D eigenvalue weighted by Gasteiger charge is 2.01. The highest BCUT2D eigenvalue weighted by atomic mass is 16.5. The molecule has 3 aromatic carbocycles. The van der Waals surface area contributed by atoms with Crippen LogP contribution in [0.4, 0.5) is 5.69 Å². The number of carbonyl (C=O) groups excluding carboxylic acids is 1. The smallest absolute Gasteiger partial charge is 0.336 e. The van der Waals surface area contributed by atoms with Crippen LogP contribution in [0.2, 0.25) is 0 Å². The predicted octanol–water partition coefficient (Wildman–Crippen LogP) is 4.77. The van der Waals surface area contributed by atoms with Crippen molar-refractivity contribution in [2.45, 2.75) is 0 Å². The number of carbonyl (C=O) groups is 1. The molecule has 0 spiro atoms. The van der Waals surface area contributed by atoms with Crippen LogP contribution in [0.15, 0.2) is 83.9 Å². The molecule has 0 fully saturated rings. The molecule has 5 heteroatoms. The van der Waals surface area contributed by atoms with E-state index >= 15 is 0 Å². The molecule has 0 heterocycles. The van der Waals surface area contributed by atoms with E-state index in [4.69, 9.17) is 9.47 Å². The lowest BCUT2D eigenvalue weighted by Crippen LogP contribution is -2.03. The second kappa shape index (κ2) is 9.19. The van der Waals surface area contributed by atoms with E-state index in [1.807, 2.05) is 24.3 Å². The molecule has 0 radical (unpaired) electrons. The second-order valence-corrected chi connectivity index (χ2v) is 5.87. The number of aliphatic imine (C=N–C) groups is 1. The van der Waals surface area contributed by atoms with Crippen LogP contribution < -0.4 is 9.47 Å². The van der Waals surface area contributed by atoms with Gasteiger partial charge in [-0.3, -0.25) is 4.99 Å². The Kier molecular flexibility index (Phi) is 6.21. The lowest BCUT2D eigenvalue weighted by Gasteiger charge is -2.02. The minimum Gasteiger partial charge on any atom is -0.508 e. The molecular formula is C23H19NO4. The summed E-state index contributed by atoms with van der Waals surface area (Å²) in [5, 5.41) is 9.27. The Bertz CT molecular complexity index is 973. The summed E-state index contributed by atoms with van der Waals surface area (Å²) in [6, 6.07) is 21.0. The lowest BCUT2D eigenvalue weighted by atomic mass is 10.2. The van der Waals surface area contributed by atoms with Gasteiger partial charge in [-0.15, -0.1) is 0 Å². The fraction of sp³-hybridized carbons (Fsp3) is 0.0435. The number of phenols is 1. The van der Waals surface area contributed by atoms with E-state index in [0.29, 0.717) is 5.75 Å². The maximum atomic E-state index is 12.0. The van der Waals surface area contributed by atoms with Crippen LogP contribution in [-0.4, -0.2) is 24.4 Å². The third-order valence-electron chi connectivity index (χ3n) is 3.84. The molecule has 0 aromatic heterocycles. The molecule has 3 rings (SSSR count). The van der Waals surface area contributed by atoms with E-state index in [1.165, 1.54) is 6.08 Å². The molecule has 3 aromatic rings. The summed E-state index contributed by atoms with van der Waals surface area (Å²) in [5.74, 6) is 0.951. The number of ether oxygens (including phenoxy) is 2. The zero-order chi connectivity index (χ0) is 19.8. The van der Waals surface area contributed by atoms with Crippen molar-refractivity contribution < 1.29 is 19.4 Å². The van der Waals surface area contributed by atoms with E-state index in [2.05, 4.69) is 4.99 Å². The highest BCUT2D eigenvalue weighted by Crippen LogP contribution is 2.17. The molecule has 1 N–H and O–H groups in total. The fourth-order valence-corrected chi connectivity index (χ4v) is 2.34. The van der Waals surface area contributed by atoms with E-state index < -0.39 is 5.97 Å². The van der Waals surface area contributed by atoms with Crippen LogP contribution in [0.25, 0.3) is 6.08 Å². The average molecular weight is 373 g/mol. The first-order valence-electron chi connectivity index (χ1n) is 8.59. The first-order chi connectivity index (χ1) is 13.6. The molecule has 5 nitrogen and oxygen atoms in total. The zero-order valence-corrected chi connectivity index (χ0v) is 15.3. The number of nitrogens with zero attached hydrogens (tertiary/aromatic N) is 1. The third kappa shape index (κ3) is 5.57. The van der Waals surface area contributed by atoms with E-state index in [0.717, 1.165) is 22.6 Å². The van der Waals surface area contributed by atoms with Crippen molar-refractivity contribution in [3.05, 3.63) is 90.0 Å². The Morgan fingerprint density at radius 1 is 0.857 bits per heavy atom. The molecule has 0 aliphatic heterocycles. The Hall–Kier alpha value is -3.86. The van der Waals surface area contributed by atoms with Crippen molar-refractivity contribution in [1.82, 2.24) is 0 Å². The van der Waals surface area contributed by atoms with Gasteiger partial charge in [0, 0.05) is 12.3 Å². The molecule has 0 aliphatic rings. The van der Waals surface area contributed by atoms with Crippen LogP contribution in [0.1, 0.15) is 11.1 Å². The van der Waals surface area contributed by atoms with Crippen molar-refractivity contribution >= 4 is 23.9 Å². The average Bonchev–Trinajstić information content (AvgIpc) is 2.73. The van der Waals surface area contributed by atoms with Crippen LogP contribution in [0, 0.1) is 0 Å². The molecule has 28 heavy (non-hydrogen) atoms. The molecule has 0 aliphatic carbocycles. The van der Waals surface area contributed by atoms with E-state index in [9.17, 15) is 9.90 Å². The molecule has 0 atom stereocenters. The standard InChI is InChI=1S/C23H19NO4/c1-27-21-11-2-17(3-12-21)6-15-23(26)28-22-13-4-18(5-14-22)16-24-19-7-9-20(25)10-8-19/h2-16,25H,1H3/b15-6+,24-16?. The number of hydrogen-bond acceptors (Lipinski definition) is 5. The summed E-state index contributed by atoms with van der Waals surface area (Å²) in [6.45, 7) is 0. The Balaban J connectivity index is 1.56. The number of esters is 1. The minimum atomic E-state index is -0.457. The Labute approximate surface area is 163 Å². The Morgan fingerprint density at radius 2 is 1.46 bits per heavy atom. The lowest BCUT2D eigenvalue weighted by molar-refractivity contribution is -0.128. The summed E-state index contributed by atoms with van der Waals surface area (Å²) in [4.78, 5) is 16.3. The fourth-order valence-electron chi connectivity index (χ4n) is 2.34.